The van der Waals surface area contributed by atoms with Gasteiger partial charge in [0.2, 0.25) is 0 Å². The van der Waals surface area contributed by atoms with E-state index in [4.69, 9.17) is 0 Å². The third kappa shape index (κ3) is 10.4. The minimum absolute atomic E-state index is 0.268. The van der Waals surface area contributed by atoms with Gasteiger partial charge in [-0.2, -0.15) is 0 Å². The normalized spacial score (nSPS) is 14.5. The Labute approximate surface area is 763 Å². The molecule has 20 aromatic rings. The third-order valence-electron chi connectivity index (χ3n) is 29.8. The Morgan fingerprint density at radius 2 is 0.473 bits per heavy atom. The molecule has 20 aromatic carbocycles. The van der Waals surface area contributed by atoms with Gasteiger partial charge in [0.1, 0.15) is 0 Å². The topological polar surface area (TPSA) is 16.2 Å². The van der Waals surface area contributed by atoms with Crippen LogP contribution in [0, 0.1) is 0 Å². The molecule has 0 unspecified atom stereocenters. The van der Waals surface area contributed by atoms with Crippen LogP contribution in [0.15, 0.2) is 479 Å². The first-order chi connectivity index (χ1) is 64.8. The second-order valence-corrected chi connectivity index (χ2v) is 36.4. The number of nitrogens with zero attached hydrogens (tertiary/aromatic N) is 5. The summed E-state index contributed by atoms with van der Waals surface area (Å²) in [6.07, 6.45) is 0. The molecule has 131 heavy (non-hydrogen) atoms. The highest BCUT2D eigenvalue weighted by molar-refractivity contribution is 6.05. The first-order valence-corrected chi connectivity index (χ1v) is 45.8. The lowest BCUT2D eigenvalue weighted by atomic mass is 9.64. The van der Waals surface area contributed by atoms with Crippen LogP contribution in [0.4, 0.5) is 85.3 Å². The van der Waals surface area contributed by atoms with Crippen LogP contribution in [0.2, 0.25) is 0 Å². The van der Waals surface area contributed by atoms with Crippen LogP contribution in [0.25, 0.3) is 66.8 Å². The number of para-hydroxylation sites is 9. The zero-order chi connectivity index (χ0) is 86.4. The van der Waals surface area contributed by atoms with Gasteiger partial charge in [-0.15, -0.1) is 0 Å². The monoisotopic (exact) mass is 1670 g/mol. The summed E-state index contributed by atoms with van der Waals surface area (Å²) in [4.78, 5) is 12.5. The highest BCUT2D eigenvalue weighted by atomic mass is 15.2. The molecule has 3 aliphatic heterocycles. The molecule has 0 aromatic heterocycles. The predicted octanol–water partition coefficient (Wildman–Crippen LogP) is 32.7. The summed E-state index contributed by atoms with van der Waals surface area (Å²) < 4.78 is 0. The summed E-state index contributed by atoms with van der Waals surface area (Å²) in [5.74, 6) is 0. The number of rotatable bonds is 11. The Morgan fingerprint density at radius 3 is 0.992 bits per heavy atom. The average Bonchev–Trinajstić information content (AvgIpc) is 1.52. The number of fused-ring (bicyclic) bond motifs is 30. The van der Waals surface area contributed by atoms with Gasteiger partial charge in [0.05, 0.1) is 56.1 Å². The van der Waals surface area contributed by atoms with Crippen LogP contribution in [0.1, 0.15) is 91.7 Å². The van der Waals surface area contributed by atoms with Gasteiger partial charge in [-0.1, -0.05) is 347 Å². The molecular formula is C126H85N5. The van der Waals surface area contributed by atoms with E-state index in [2.05, 4.69) is 518 Å². The summed E-state index contributed by atoms with van der Waals surface area (Å²) >= 11 is 0. The lowest BCUT2D eigenvalue weighted by Gasteiger charge is -2.45. The molecule has 5 heteroatoms. The number of hydrogen-bond donors (Lipinski definition) is 0. The third-order valence-corrected chi connectivity index (χ3v) is 29.8. The van der Waals surface area contributed by atoms with Crippen molar-refractivity contribution in [2.75, 3.05) is 24.5 Å². The van der Waals surface area contributed by atoms with Crippen molar-refractivity contribution in [3.63, 3.8) is 0 Å². The summed E-state index contributed by atoms with van der Waals surface area (Å²) in [7, 11) is 0. The van der Waals surface area contributed by atoms with Gasteiger partial charge in [-0.25, -0.2) is 0 Å². The van der Waals surface area contributed by atoms with E-state index < -0.39 is 16.2 Å². The van der Waals surface area contributed by atoms with E-state index in [-0.39, 0.29) is 5.41 Å². The van der Waals surface area contributed by atoms with E-state index in [0.29, 0.717) is 0 Å². The second-order valence-electron chi connectivity index (χ2n) is 36.4. The Hall–Kier alpha value is -16.6. The highest BCUT2D eigenvalue weighted by Gasteiger charge is 2.56. The lowest BCUT2D eigenvalue weighted by Crippen LogP contribution is -2.36. The molecule has 3 spiro atoms. The molecule has 0 saturated carbocycles. The number of benzene rings is 20. The molecule has 5 nitrogen and oxygen atoms in total. The second kappa shape index (κ2) is 28.5. The van der Waals surface area contributed by atoms with Gasteiger partial charge in [0.15, 0.2) is 0 Å². The molecular weight excluding hydrogens is 1580 g/mol. The molecule has 27 rings (SSSR count). The van der Waals surface area contributed by atoms with Gasteiger partial charge in [0, 0.05) is 56.5 Å². The molecule has 0 amide bonds. The Kier molecular flexibility index (Phi) is 16.2. The first-order valence-electron chi connectivity index (χ1n) is 45.8. The SMILES string of the molecule is CC1(C)c2ccccc2-c2ccc(N(c3ccc4c(c3)-c3ccccc3C43c4ccccc4N(c4ccccc4)c4ccccc43)c3ccc4c(c3)C3(c5ccc(-c6ccc(N7c8ccccc8C8(c9ccccc9-c9c(N(c%10ccccc%10)c%10ccc(-c%11ccccc%11)cc%10)cccc98)c8ccccc87)cc6)cc5-4)c4ccccc4N(c4ccccc4)c4ccccc43)cc21. The molecule has 7 aliphatic rings. The molecule has 3 heterocycles. The summed E-state index contributed by atoms with van der Waals surface area (Å²) in [5.41, 5.74) is 46.7. The van der Waals surface area contributed by atoms with E-state index in [1.807, 2.05) is 0 Å². The van der Waals surface area contributed by atoms with Gasteiger partial charge >= 0.3 is 0 Å². The van der Waals surface area contributed by atoms with E-state index >= 15 is 0 Å². The molecule has 614 valence electrons. The van der Waals surface area contributed by atoms with Crippen LogP contribution in [-0.4, -0.2) is 0 Å². The van der Waals surface area contributed by atoms with Crippen molar-refractivity contribution in [1.82, 2.24) is 0 Å². The van der Waals surface area contributed by atoms with Crippen molar-refractivity contribution in [2.45, 2.75) is 35.5 Å². The van der Waals surface area contributed by atoms with Gasteiger partial charge < -0.3 is 24.5 Å². The maximum atomic E-state index is 2.59. The predicted molar refractivity (Wildman–Crippen MR) is 541 cm³/mol. The standard InChI is InChI=1S/C126H85N5/c1-123(2)101-45-18-15-42-94(101)96-74-71-92(80-113(96)123)127(91-73-77-105-100(79-91)95-43-16-19-46-102(95)124(105)106-48-21-27-55-115(106)129(87-38-11-5-12-39-87)116-56-28-22-49-107(116)124)93-72-75-97-99-78-85(66-76-104(99)126(114(97)81-93)110-52-25-31-59-119(110)130(88-40-13-6-14-41-88)120-60-32-26-53-111(120)126)84-64-69-90(70-65-84)131-117-57-29-23-50-108(117)125(109-51-24-30-58-118(109)131)103-47-20-17-44-98(103)122-112(125)54-33-61-121(122)128(86-36-9-4-10-37-86)89-67-62-83(63-68-89)82-34-7-3-8-35-82/h3-81H,1-2H3. The molecule has 0 saturated heterocycles. The Bertz CT molecular complexity index is 7950. The number of hydrogen-bond acceptors (Lipinski definition) is 5. The lowest BCUT2D eigenvalue weighted by molar-refractivity contribution is 0.660. The first kappa shape index (κ1) is 74.6. The summed E-state index contributed by atoms with van der Waals surface area (Å²) in [6.45, 7) is 4.81. The van der Waals surface area contributed by atoms with Crippen molar-refractivity contribution in [3.8, 4) is 66.8 Å². The highest BCUT2D eigenvalue weighted by Crippen LogP contribution is 2.70. The largest absolute Gasteiger partial charge is 0.310 e. The summed E-state index contributed by atoms with van der Waals surface area (Å²) in [6, 6.07) is 181. The Balaban J connectivity index is 0.622. The van der Waals surface area contributed by atoms with Crippen molar-refractivity contribution >= 4 is 85.3 Å². The Morgan fingerprint density at radius 1 is 0.168 bits per heavy atom. The van der Waals surface area contributed by atoms with Crippen LogP contribution >= 0.6 is 0 Å². The fourth-order valence-corrected chi connectivity index (χ4v) is 24.5. The zero-order valence-corrected chi connectivity index (χ0v) is 72.3. The number of anilines is 15. The van der Waals surface area contributed by atoms with Crippen LogP contribution < -0.4 is 24.5 Å². The van der Waals surface area contributed by atoms with Crippen molar-refractivity contribution in [3.05, 3.63) is 557 Å². The van der Waals surface area contributed by atoms with Crippen LogP contribution in [-0.2, 0) is 21.7 Å². The van der Waals surface area contributed by atoms with E-state index in [0.717, 1.165) is 85.1 Å². The smallest absolute Gasteiger partial charge is 0.0755 e. The molecule has 0 radical (unpaired) electrons. The fourth-order valence-electron chi connectivity index (χ4n) is 24.5. The summed E-state index contributed by atoms with van der Waals surface area (Å²) in [5, 5.41) is 0. The average molecular weight is 1670 g/mol. The van der Waals surface area contributed by atoms with E-state index in [9.17, 15) is 0 Å². The van der Waals surface area contributed by atoms with Gasteiger partial charge in [0.25, 0.3) is 0 Å². The maximum Gasteiger partial charge on any atom is 0.0755 e. The molecule has 0 fully saturated rings. The molecule has 0 atom stereocenters. The van der Waals surface area contributed by atoms with E-state index in [1.54, 1.807) is 0 Å². The van der Waals surface area contributed by atoms with Crippen LogP contribution in [0.3, 0.4) is 0 Å². The van der Waals surface area contributed by atoms with Crippen molar-refractivity contribution in [1.29, 1.82) is 0 Å². The quantitative estimate of drug-likeness (QED) is 0.128. The zero-order valence-electron chi connectivity index (χ0n) is 72.3. The molecule has 0 N–H and O–H groups in total. The van der Waals surface area contributed by atoms with E-state index in [1.165, 1.54) is 145 Å². The molecule has 4 aliphatic carbocycles. The van der Waals surface area contributed by atoms with Gasteiger partial charge in [-0.05, 0) is 285 Å². The van der Waals surface area contributed by atoms with Crippen LogP contribution in [0.5, 0.6) is 0 Å². The van der Waals surface area contributed by atoms with Crippen molar-refractivity contribution < 1.29 is 0 Å². The van der Waals surface area contributed by atoms with Gasteiger partial charge in [-0.3, -0.25) is 0 Å². The minimum atomic E-state index is -0.794. The maximum absolute atomic E-state index is 2.59. The fraction of sp³-hybridized carbons (Fsp3) is 0.0476. The minimum Gasteiger partial charge on any atom is -0.310 e. The molecule has 0 bridgehead atoms. The van der Waals surface area contributed by atoms with Crippen molar-refractivity contribution in [2.24, 2.45) is 0 Å².